The summed E-state index contributed by atoms with van der Waals surface area (Å²) in [6.45, 7) is 10.3. The summed E-state index contributed by atoms with van der Waals surface area (Å²) in [7, 11) is 0. The van der Waals surface area contributed by atoms with E-state index in [1.807, 2.05) is 72.6 Å². The standard InChI is InChI=1S/C47H51Cl2N11O5/c1-30(43-37(48)24-50-25-38(43)49)65-35-7-8-39-36(22-35)44(54-53-39)32-2-9-40(51-23-32)59-28-47(29-59)13-17-58(27-47)45(63)31-10-14-57(15-11-31)42(62)26-55-18-20-56(21-19-55)33-3-5-34(6-4-33)60-16-12-41(61)52-46(60)64/h2-9,22-25,30-31H,10-21,26-29H2,1H3,(H,53,54)(H,52,61,64)/t30-/m1/s1. The summed E-state index contributed by atoms with van der Waals surface area (Å²) in [5, 5.41) is 11.9. The zero-order valence-corrected chi connectivity index (χ0v) is 37.7. The molecule has 65 heavy (non-hydrogen) atoms. The van der Waals surface area contributed by atoms with Crippen molar-refractivity contribution in [3.8, 4) is 17.0 Å². The van der Waals surface area contributed by atoms with Gasteiger partial charge < -0.3 is 24.3 Å². The molecule has 5 aromatic rings. The van der Waals surface area contributed by atoms with Crippen molar-refractivity contribution in [2.45, 2.75) is 38.7 Å². The summed E-state index contributed by atoms with van der Waals surface area (Å²) >= 11 is 12.8. The molecule has 2 aromatic carbocycles. The highest BCUT2D eigenvalue weighted by Gasteiger charge is 2.50. The summed E-state index contributed by atoms with van der Waals surface area (Å²) in [6.07, 6.45) is 7.24. The maximum atomic E-state index is 13.8. The van der Waals surface area contributed by atoms with Gasteiger partial charge in [0.1, 0.15) is 23.4 Å². The van der Waals surface area contributed by atoms with Crippen molar-refractivity contribution in [3.05, 3.63) is 88.8 Å². The Kier molecular flexibility index (Phi) is 11.7. The molecule has 5 aliphatic heterocycles. The number of benzene rings is 2. The van der Waals surface area contributed by atoms with Crippen LogP contribution in [0.5, 0.6) is 5.75 Å². The second kappa shape index (κ2) is 17.8. The van der Waals surface area contributed by atoms with Crippen LogP contribution in [0.3, 0.4) is 0 Å². The van der Waals surface area contributed by atoms with E-state index in [9.17, 15) is 19.2 Å². The number of piperazine rings is 1. The minimum absolute atomic E-state index is 0.0520. The van der Waals surface area contributed by atoms with Gasteiger partial charge in [-0.25, -0.2) is 9.78 Å². The lowest BCUT2D eigenvalue weighted by Gasteiger charge is -2.48. The third-order valence-electron chi connectivity index (χ3n) is 13.8. The SMILES string of the molecule is C[C@@H](Oc1ccc2[nH]nc(-c3ccc(N4CC5(CCN(C(=O)C6CCN(C(=O)CN7CCN(c8ccc(N9CCC(=O)NC9=O)cc8)CC7)CC6)C5)C4)nc3)c2c1)c1c(Cl)cncc1Cl. The van der Waals surface area contributed by atoms with Gasteiger partial charge in [-0.05, 0) is 80.8 Å². The predicted molar refractivity (Wildman–Crippen MR) is 248 cm³/mol. The number of ether oxygens (including phenoxy) is 1. The Labute approximate surface area is 386 Å². The molecule has 2 N–H and O–H groups in total. The van der Waals surface area contributed by atoms with Crippen LogP contribution in [0.4, 0.5) is 22.0 Å². The van der Waals surface area contributed by atoms with Crippen LogP contribution < -0.4 is 24.8 Å². The van der Waals surface area contributed by atoms with Crippen molar-refractivity contribution in [2.24, 2.45) is 11.3 Å². The molecular weight excluding hydrogens is 869 g/mol. The van der Waals surface area contributed by atoms with E-state index >= 15 is 0 Å². The number of halogens is 2. The van der Waals surface area contributed by atoms with Crippen LogP contribution in [0.2, 0.25) is 10.0 Å². The molecular formula is C47H51Cl2N11O5. The normalized spacial score (nSPS) is 19.8. The zero-order valence-electron chi connectivity index (χ0n) is 36.2. The summed E-state index contributed by atoms with van der Waals surface area (Å²) in [5.74, 6) is 1.62. The molecule has 338 valence electrons. The fraction of sp³-hybridized carbons (Fsp3) is 0.426. The largest absolute Gasteiger partial charge is 0.486 e. The molecule has 0 bridgehead atoms. The number of fused-ring (bicyclic) bond motifs is 1. The van der Waals surface area contributed by atoms with Gasteiger partial charge in [0.2, 0.25) is 17.7 Å². The predicted octanol–water partition coefficient (Wildman–Crippen LogP) is 6.01. The van der Waals surface area contributed by atoms with Crippen molar-refractivity contribution in [1.29, 1.82) is 0 Å². The van der Waals surface area contributed by atoms with Gasteiger partial charge in [-0.15, -0.1) is 0 Å². The van der Waals surface area contributed by atoms with Gasteiger partial charge in [-0.1, -0.05) is 23.2 Å². The number of aromatic amines is 1. The van der Waals surface area contributed by atoms with Gasteiger partial charge in [-0.2, -0.15) is 5.10 Å². The number of likely N-dealkylation sites (tertiary alicyclic amines) is 2. The highest BCUT2D eigenvalue weighted by molar-refractivity contribution is 6.35. The minimum atomic E-state index is -0.396. The first-order chi connectivity index (χ1) is 31.5. The molecule has 0 saturated carbocycles. The Morgan fingerprint density at radius 2 is 1.57 bits per heavy atom. The number of pyridine rings is 2. The molecule has 16 nitrogen and oxygen atoms in total. The second-order valence-electron chi connectivity index (χ2n) is 18.0. The Hall–Kier alpha value is -5.97. The molecule has 0 radical (unpaired) electrons. The maximum absolute atomic E-state index is 13.8. The van der Waals surface area contributed by atoms with E-state index in [2.05, 4.69) is 40.1 Å². The molecule has 8 heterocycles. The number of hydrogen-bond donors (Lipinski definition) is 2. The number of amides is 5. The Bertz CT molecular complexity index is 2590. The number of carbonyl (C=O) groups is 4. The Morgan fingerprint density at radius 1 is 0.831 bits per heavy atom. The molecule has 1 atom stereocenters. The number of nitrogens with one attached hydrogen (secondary N) is 2. The first kappa shape index (κ1) is 43.0. The molecule has 0 unspecified atom stereocenters. The molecule has 5 amide bonds. The summed E-state index contributed by atoms with van der Waals surface area (Å²) in [6, 6.07) is 17.3. The molecule has 5 aliphatic rings. The summed E-state index contributed by atoms with van der Waals surface area (Å²) in [4.78, 5) is 72.2. The van der Waals surface area contributed by atoms with E-state index in [-0.39, 0.29) is 41.5 Å². The van der Waals surface area contributed by atoms with Gasteiger partial charge in [-0.3, -0.25) is 39.6 Å². The number of carbonyl (C=O) groups excluding carboxylic acids is 4. The van der Waals surface area contributed by atoms with Crippen molar-refractivity contribution in [1.82, 2.24) is 40.2 Å². The highest BCUT2D eigenvalue weighted by atomic mass is 35.5. The lowest BCUT2D eigenvalue weighted by molar-refractivity contribution is -0.140. The third kappa shape index (κ3) is 8.78. The van der Waals surface area contributed by atoms with Crippen LogP contribution in [0.25, 0.3) is 22.2 Å². The fourth-order valence-corrected chi connectivity index (χ4v) is 10.8. The van der Waals surface area contributed by atoms with E-state index in [1.165, 1.54) is 0 Å². The summed E-state index contributed by atoms with van der Waals surface area (Å²) in [5.41, 5.74) is 5.12. The zero-order chi connectivity index (χ0) is 44.8. The van der Waals surface area contributed by atoms with E-state index in [0.29, 0.717) is 60.4 Å². The monoisotopic (exact) mass is 919 g/mol. The van der Waals surface area contributed by atoms with Gasteiger partial charge in [0, 0.05) is 136 Å². The molecule has 0 aliphatic carbocycles. The topological polar surface area (TPSA) is 163 Å². The quantitative estimate of drug-likeness (QED) is 0.169. The molecule has 18 heteroatoms. The van der Waals surface area contributed by atoms with E-state index in [1.54, 1.807) is 17.3 Å². The first-order valence-corrected chi connectivity index (χ1v) is 23.2. The van der Waals surface area contributed by atoms with Gasteiger partial charge in [0.15, 0.2) is 0 Å². The number of rotatable bonds is 10. The fourth-order valence-electron chi connectivity index (χ4n) is 10.1. The first-order valence-electron chi connectivity index (χ1n) is 22.4. The van der Waals surface area contributed by atoms with Crippen molar-refractivity contribution in [2.75, 3.05) is 93.2 Å². The third-order valence-corrected chi connectivity index (χ3v) is 14.4. The van der Waals surface area contributed by atoms with Gasteiger partial charge >= 0.3 is 6.03 Å². The van der Waals surface area contributed by atoms with Crippen LogP contribution >= 0.6 is 23.2 Å². The minimum Gasteiger partial charge on any atom is -0.486 e. The molecule has 5 fully saturated rings. The lowest BCUT2D eigenvalue weighted by Crippen LogP contribution is -2.58. The number of imide groups is 1. The lowest BCUT2D eigenvalue weighted by atomic mass is 9.79. The number of nitrogens with zero attached hydrogens (tertiary/aromatic N) is 9. The molecule has 1 spiro atoms. The van der Waals surface area contributed by atoms with E-state index in [4.69, 9.17) is 32.9 Å². The van der Waals surface area contributed by atoms with E-state index < -0.39 is 6.10 Å². The number of H-pyrrole nitrogens is 1. The van der Waals surface area contributed by atoms with Crippen LogP contribution in [0.15, 0.2) is 73.2 Å². The van der Waals surface area contributed by atoms with Crippen LogP contribution in [0, 0.1) is 11.3 Å². The van der Waals surface area contributed by atoms with Crippen LogP contribution in [0.1, 0.15) is 44.3 Å². The number of anilines is 3. The van der Waals surface area contributed by atoms with Gasteiger partial charge in [0.25, 0.3) is 0 Å². The number of hydrogen-bond acceptors (Lipinski definition) is 11. The average Bonchev–Trinajstić information content (AvgIpc) is 3.95. The highest BCUT2D eigenvalue weighted by Crippen LogP contribution is 2.43. The Morgan fingerprint density at radius 3 is 2.28 bits per heavy atom. The van der Waals surface area contributed by atoms with Crippen LogP contribution in [-0.4, -0.2) is 137 Å². The molecule has 5 saturated heterocycles. The maximum Gasteiger partial charge on any atom is 0.328 e. The number of aromatic nitrogens is 4. The summed E-state index contributed by atoms with van der Waals surface area (Å²) < 4.78 is 6.26. The van der Waals surface area contributed by atoms with Crippen molar-refractivity contribution in [3.63, 3.8) is 0 Å². The van der Waals surface area contributed by atoms with Crippen molar-refractivity contribution >= 4 is 75.1 Å². The molecule has 10 rings (SSSR count). The number of urea groups is 1. The second-order valence-corrected chi connectivity index (χ2v) is 18.8. The van der Waals surface area contributed by atoms with Gasteiger partial charge in [0.05, 0.1) is 22.1 Å². The van der Waals surface area contributed by atoms with E-state index in [0.717, 1.165) is 98.1 Å². The average molecular weight is 921 g/mol. The number of piperidine rings is 1. The molecule has 3 aromatic heterocycles. The van der Waals surface area contributed by atoms with Crippen LogP contribution in [-0.2, 0) is 14.4 Å². The Balaban J connectivity index is 0.661. The smallest absolute Gasteiger partial charge is 0.328 e. The van der Waals surface area contributed by atoms with Crippen molar-refractivity contribution < 1.29 is 23.9 Å².